The smallest absolute Gasteiger partial charge is 0.392 e. The zero-order valence-electron chi connectivity index (χ0n) is 13.7. The summed E-state index contributed by atoms with van der Waals surface area (Å²) < 4.78 is 6.19. The summed E-state index contributed by atoms with van der Waals surface area (Å²) in [7, 11) is 1.79. The zero-order chi connectivity index (χ0) is 17.8. The average molecular weight is 361 g/mol. The fraction of sp³-hybridized carbons (Fsp3) is 0.316. The van der Waals surface area contributed by atoms with Gasteiger partial charge in [-0.1, -0.05) is 29.8 Å². The van der Waals surface area contributed by atoms with Gasteiger partial charge in [-0.2, -0.15) is 0 Å². The van der Waals surface area contributed by atoms with Crippen LogP contribution >= 0.6 is 11.6 Å². The Morgan fingerprint density at radius 1 is 1.16 bits per heavy atom. The third-order valence-electron chi connectivity index (χ3n) is 5.43. The number of ether oxygens (including phenoxy) is 1. The number of aliphatic hydroxyl groups excluding tert-OH is 1. The van der Waals surface area contributed by atoms with E-state index in [1.165, 1.54) is 0 Å². The lowest BCUT2D eigenvalue weighted by Gasteiger charge is -2.32. The second kappa shape index (κ2) is 5.73. The van der Waals surface area contributed by atoms with Crippen LogP contribution in [0.4, 0.5) is 0 Å². The Kier molecular flexibility index (Phi) is 3.76. The minimum atomic E-state index is -1.46. The van der Waals surface area contributed by atoms with Crippen molar-refractivity contribution in [1.82, 2.24) is 0 Å². The van der Waals surface area contributed by atoms with Crippen molar-refractivity contribution < 1.29 is 24.2 Å². The lowest BCUT2D eigenvalue weighted by atomic mass is 9.84. The molecule has 0 aliphatic carbocycles. The fourth-order valence-electron chi connectivity index (χ4n) is 4.22. The van der Waals surface area contributed by atoms with Crippen LogP contribution in [-0.2, 0) is 4.79 Å². The maximum Gasteiger partial charge on any atom is 0.392 e. The molecule has 4 atom stereocenters. The number of nitrogens with zero attached hydrogens (tertiary/aromatic N) is 1. The molecule has 0 saturated carbocycles. The summed E-state index contributed by atoms with van der Waals surface area (Å²) in [5, 5.41) is 20.2. The molecular formula is C19H19ClNO4+. The Morgan fingerprint density at radius 3 is 2.52 bits per heavy atom. The number of aliphatic carboxylic acids is 1. The van der Waals surface area contributed by atoms with E-state index < -0.39 is 12.2 Å². The van der Waals surface area contributed by atoms with Crippen molar-refractivity contribution in [2.45, 2.75) is 18.1 Å². The number of carboxylic acids is 1. The van der Waals surface area contributed by atoms with Crippen LogP contribution in [-0.4, -0.2) is 47.0 Å². The molecule has 5 nitrogen and oxygen atoms in total. The van der Waals surface area contributed by atoms with Crippen molar-refractivity contribution >= 4 is 17.6 Å². The molecule has 2 aromatic rings. The summed E-state index contributed by atoms with van der Waals surface area (Å²) in [6, 6.07) is 13.4. The quantitative estimate of drug-likeness (QED) is 0.807. The zero-order valence-corrected chi connectivity index (χ0v) is 14.5. The van der Waals surface area contributed by atoms with E-state index in [4.69, 9.17) is 16.3 Å². The predicted octanol–water partition coefficient (Wildman–Crippen LogP) is 3.18. The van der Waals surface area contributed by atoms with Crippen LogP contribution < -0.4 is 4.74 Å². The van der Waals surface area contributed by atoms with Gasteiger partial charge in [-0.3, -0.25) is 4.48 Å². The molecule has 4 unspecified atom stereocenters. The van der Waals surface area contributed by atoms with Gasteiger partial charge in [0.15, 0.2) is 0 Å². The molecule has 25 heavy (non-hydrogen) atoms. The molecule has 2 N–H and O–H groups in total. The first-order valence-corrected chi connectivity index (χ1v) is 8.58. The van der Waals surface area contributed by atoms with E-state index in [0.29, 0.717) is 18.1 Å². The van der Waals surface area contributed by atoms with E-state index in [2.05, 4.69) is 0 Å². The molecule has 0 amide bonds. The Labute approximate surface area is 150 Å². The number of benzene rings is 2. The summed E-state index contributed by atoms with van der Waals surface area (Å²) in [5.41, 5.74) is 2.01. The number of halogens is 1. The molecule has 1 fully saturated rings. The minimum Gasteiger partial charge on any atom is -0.475 e. The van der Waals surface area contributed by atoms with Crippen LogP contribution in [0.2, 0.25) is 5.02 Å². The van der Waals surface area contributed by atoms with Gasteiger partial charge in [0.2, 0.25) is 0 Å². The SMILES string of the molecule is C[N+]1(C(O)C(=O)O)CC2c3ccccc3Oc3ccc(Cl)cc3C2C1. The molecule has 2 aliphatic rings. The number of rotatable bonds is 2. The Hall–Kier alpha value is -2.08. The molecule has 6 heteroatoms. The molecule has 0 spiro atoms. The molecule has 4 rings (SSSR count). The summed E-state index contributed by atoms with van der Waals surface area (Å²) in [4.78, 5) is 11.4. The molecule has 2 aliphatic heterocycles. The van der Waals surface area contributed by atoms with E-state index in [0.717, 1.165) is 22.6 Å². The van der Waals surface area contributed by atoms with Gasteiger partial charge in [-0.05, 0) is 24.3 Å². The third-order valence-corrected chi connectivity index (χ3v) is 5.67. The Morgan fingerprint density at radius 2 is 1.80 bits per heavy atom. The van der Waals surface area contributed by atoms with Gasteiger partial charge in [0.25, 0.3) is 6.23 Å². The summed E-state index contributed by atoms with van der Waals surface area (Å²) in [5.74, 6) is 0.389. The number of fused-ring (bicyclic) bond motifs is 5. The van der Waals surface area contributed by atoms with Crippen molar-refractivity contribution in [3.05, 3.63) is 58.6 Å². The van der Waals surface area contributed by atoms with Gasteiger partial charge in [0.1, 0.15) is 11.5 Å². The standard InChI is InChI=1S/C19H18ClNO4/c1-21(18(22)19(23)24)9-14-12-4-2-3-5-16(12)25-17-7-6-11(20)8-13(17)15(14)10-21/h2-8,14-15,18,22H,9-10H2,1H3/p+1. The maximum absolute atomic E-state index is 11.4. The third kappa shape index (κ3) is 2.59. The van der Waals surface area contributed by atoms with Crippen LogP contribution in [0.1, 0.15) is 23.0 Å². The molecule has 130 valence electrons. The van der Waals surface area contributed by atoms with E-state index in [1.54, 1.807) is 13.1 Å². The van der Waals surface area contributed by atoms with Gasteiger partial charge in [-0.15, -0.1) is 0 Å². The normalized spacial score (nSPS) is 28.1. The highest BCUT2D eigenvalue weighted by Crippen LogP contribution is 2.52. The van der Waals surface area contributed by atoms with Crippen LogP contribution in [0.25, 0.3) is 0 Å². The Bertz CT molecular complexity index is 855. The van der Waals surface area contributed by atoms with E-state index in [9.17, 15) is 15.0 Å². The van der Waals surface area contributed by atoms with Crippen molar-refractivity contribution in [2.24, 2.45) is 0 Å². The number of hydrogen-bond donors (Lipinski definition) is 2. The molecule has 0 radical (unpaired) electrons. The van der Waals surface area contributed by atoms with Gasteiger partial charge in [0, 0.05) is 28.0 Å². The number of aliphatic hydroxyl groups is 1. The maximum atomic E-state index is 11.4. The number of likely N-dealkylation sites (tertiary alicyclic amines) is 1. The average Bonchev–Trinajstić information content (AvgIpc) is 2.89. The molecule has 2 aromatic carbocycles. The number of carbonyl (C=O) groups is 1. The van der Waals surface area contributed by atoms with Crippen LogP contribution in [0.15, 0.2) is 42.5 Å². The lowest BCUT2D eigenvalue weighted by molar-refractivity contribution is -0.935. The number of likely N-dealkylation sites (N-methyl/N-ethyl adjacent to an activating group) is 1. The monoisotopic (exact) mass is 360 g/mol. The molecule has 0 aromatic heterocycles. The lowest BCUT2D eigenvalue weighted by Crippen LogP contribution is -2.54. The fourth-order valence-corrected chi connectivity index (χ4v) is 4.41. The number of carboxylic acid groups (broad SMARTS) is 1. The highest BCUT2D eigenvalue weighted by molar-refractivity contribution is 6.30. The predicted molar refractivity (Wildman–Crippen MR) is 93.0 cm³/mol. The number of quaternary nitrogens is 1. The van der Waals surface area contributed by atoms with Crippen molar-refractivity contribution in [3.63, 3.8) is 0 Å². The van der Waals surface area contributed by atoms with Crippen LogP contribution in [0, 0.1) is 0 Å². The van der Waals surface area contributed by atoms with Crippen LogP contribution in [0.3, 0.4) is 0 Å². The highest BCUT2D eigenvalue weighted by atomic mass is 35.5. The van der Waals surface area contributed by atoms with Gasteiger partial charge >= 0.3 is 5.97 Å². The van der Waals surface area contributed by atoms with Gasteiger partial charge < -0.3 is 14.9 Å². The minimum absolute atomic E-state index is 0.0244. The summed E-state index contributed by atoms with van der Waals surface area (Å²) in [6.07, 6.45) is -1.46. The topological polar surface area (TPSA) is 66.8 Å². The van der Waals surface area contributed by atoms with E-state index >= 15 is 0 Å². The second-order valence-electron chi connectivity index (χ2n) is 7.09. The Balaban J connectivity index is 1.87. The van der Waals surface area contributed by atoms with Gasteiger partial charge in [0.05, 0.1) is 20.1 Å². The number of para-hydroxylation sites is 1. The first-order valence-electron chi connectivity index (χ1n) is 8.20. The molecular weight excluding hydrogens is 342 g/mol. The van der Waals surface area contributed by atoms with Crippen LogP contribution in [0.5, 0.6) is 11.5 Å². The largest absolute Gasteiger partial charge is 0.475 e. The van der Waals surface area contributed by atoms with Crippen molar-refractivity contribution in [1.29, 1.82) is 0 Å². The second-order valence-corrected chi connectivity index (χ2v) is 7.53. The molecule has 2 heterocycles. The van der Waals surface area contributed by atoms with E-state index in [1.807, 2.05) is 36.4 Å². The first kappa shape index (κ1) is 16.4. The van der Waals surface area contributed by atoms with Crippen molar-refractivity contribution in [2.75, 3.05) is 20.1 Å². The summed E-state index contributed by atoms with van der Waals surface area (Å²) >= 11 is 6.21. The van der Waals surface area contributed by atoms with E-state index in [-0.39, 0.29) is 16.3 Å². The van der Waals surface area contributed by atoms with Crippen molar-refractivity contribution in [3.8, 4) is 11.5 Å². The molecule has 0 bridgehead atoms. The first-order chi connectivity index (χ1) is 11.9. The number of hydrogen-bond acceptors (Lipinski definition) is 3. The highest BCUT2D eigenvalue weighted by Gasteiger charge is 2.52. The van der Waals surface area contributed by atoms with Gasteiger partial charge in [-0.25, -0.2) is 4.79 Å². The molecule has 1 saturated heterocycles. The summed E-state index contributed by atoms with van der Waals surface area (Å²) in [6.45, 7) is 1.02.